The Labute approximate surface area is 126 Å². The summed E-state index contributed by atoms with van der Waals surface area (Å²) in [4.78, 5) is 2.37. The zero-order chi connectivity index (χ0) is 14.7. The van der Waals surface area contributed by atoms with Gasteiger partial charge in [0.2, 0.25) is 0 Å². The van der Waals surface area contributed by atoms with Gasteiger partial charge in [-0.1, -0.05) is 38.4 Å². The average Bonchev–Trinajstić information content (AvgIpc) is 2.42. The maximum atomic E-state index is 14.0. The highest BCUT2D eigenvalue weighted by molar-refractivity contribution is 6.31. The third kappa shape index (κ3) is 3.51. The Hall–Kier alpha value is -0.640. The van der Waals surface area contributed by atoms with Crippen molar-refractivity contribution < 1.29 is 4.39 Å². The second-order valence-corrected chi connectivity index (χ2v) is 6.36. The molecular formula is C16H24ClFN2. The SMILES string of the molecule is CCC1CN(Cc2c(F)cccc2Cl)C(C(C)C)CN1. The molecular weight excluding hydrogens is 275 g/mol. The van der Waals surface area contributed by atoms with Gasteiger partial charge in [-0.25, -0.2) is 4.39 Å². The standard InChI is InChI=1S/C16H24ClFN2/c1-4-12-9-20(16(8-19-12)11(2)3)10-13-14(17)6-5-7-15(13)18/h5-7,11-12,16,19H,4,8-10H2,1-3H3. The molecule has 1 fully saturated rings. The molecule has 4 heteroatoms. The molecule has 1 saturated heterocycles. The first-order valence-corrected chi connectivity index (χ1v) is 7.81. The van der Waals surface area contributed by atoms with Gasteiger partial charge in [0.15, 0.2) is 0 Å². The van der Waals surface area contributed by atoms with Crippen molar-refractivity contribution in [2.45, 2.75) is 45.8 Å². The quantitative estimate of drug-likeness (QED) is 0.912. The van der Waals surface area contributed by atoms with Crippen molar-refractivity contribution in [3.8, 4) is 0 Å². The normalized spacial score (nSPS) is 24.3. The van der Waals surface area contributed by atoms with Crippen LogP contribution in [0, 0.1) is 11.7 Å². The molecule has 2 rings (SSSR count). The van der Waals surface area contributed by atoms with Crippen LogP contribution in [0.1, 0.15) is 32.8 Å². The van der Waals surface area contributed by atoms with Gasteiger partial charge in [0.05, 0.1) is 0 Å². The Morgan fingerprint density at radius 3 is 2.80 bits per heavy atom. The summed E-state index contributed by atoms with van der Waals surface area (Å²) in [6.45, 7) is 9.11. The van der Waals surface area contributed by atoms with Crippen LogP contribution in [-0.4, -0.2) is 30.1 Å². The highest BCUT2D eigenvalue weighted by Gasteiger charge is 2.29. The molecule has 0 saturated carbocycles. The van der Waals surface area contributed by atoms with Crippen molar-refractivity contribution >= 4 is 11.6 Å². The van der Waals surface area contributed by atoms with Gasteiger partial charge in [-0.05, 0) is 24.5 Å². The molecule has 1 aromatic carbocycles. The maximum absolute atomic E-state index is 14.0. The Morgan fingerprint density at radius 1 is 1.45 bits per heavy atom. The van der Waals surface area contributed by atoms with Crippen molar-refractivity contribution in [1.82, 2.24) is 10.2 Å². The lowest BCUT2D eigenvalue weighted by Gasteiger charge is -2.42. The highest BCUT2D eigenvalue weighted by atomic mass is 35.5. The van der Waals surface area contributed by atoms with E-state index >= 15 is 0 Å². The van der Waals surface area contributed by atoms with Crippen LogP contribution in [-0.2, 0) is 6.54 Å². The zero-order valence-corrected chi connectivity index (χ0v) is 13.3. The molecule has 0 bridgehead atoms. The summed E-state index contributed by atoms with van der Waals surface area (Å²) < 4.78 is 14.0. The monoisotopic (exact) mass is 298 g/mol. The lowest BCUT2D eigenvalue weighted by molar-refractivity contribution is 0.0889. The van der Waals surface area contributed by atoms with Crippen molar-refractivity contribution in [2.75, 3.05) is 13.1 Å². The summed E-state index contributed by atoms with van der Waals surface area (Å²) in [5.41, 5.74) is 0.622. The van der Waals surface area contributed by atoms with Gasteiger partial charge in [-0.2, -0.15) is 0 Å². The minimum atomic E-state index is -0.202. The second kappa shape index (κ2) is 6.88. The van der Waals surface area contributed by atoms with Crippen LogP contribution in [0.3, 0.4) is 0 Å². The van der Waals surface area contributed by atoms with Crippen LogP contribution in [0.2, 0.25) is 5.02 Å². The first kappa shape index (κ1) is 15.7. The Bertz CT molecular complexity index is 430. The first-order valence-electron chi connectivity index (χ1n) is 7.43. The molecule has 1 heterocycles. The molecule has 2 nitrogen and oxygen atoms in total. The summed E-state index contributed by atoms with van der Waals surface area (Å²) in [6, 6.07) is 5.83. The summed E-state index contributed by atoms with van der Waals surface area (Å²) in [7, 11) is 0. The molecule has 20 heavy (non-hydrogen) atoms. The maximum Gasteiger partial charge on any atom is 0.129 e. The fourth-order valence-electron chi connectivity index (χ4n) is 2.90. The van der Waals surface area contributed by atoms with Crippen LogP contribution in [0.5, 0.6) is 0 Å². The molecule has 1 aliphatic rings. The van der Waals surface area contributed by atoms with Crippen molar-refractivity contribution in [1.29, 1.82) is 0 Å². The predicted octanol–water partition coefficient (Wildman–Crippen LogP) is 3.69. The van der Waals surface area contributed by atoms with Gasteiger partial charge in [0.1, 0.15) is 5.82 Å². The number of benzene rings is 1. The van der Waals surface area contributed by atoms with Crippen molar-refractivity contribution in [3.05, 3.63) is 34.6 Å². The largest absolute Gasteiger partial charge is 0.311 e. The third-order valence-corrected chi connectivity index (χ3v) is 4.58. The fourth-order valence-corrected chi connectivity index (χ4v) is 3.12. The lowest BCUT2D eigenvalue weighted by atomic mass is 9.97. The number of hydrogen-bond donors (Lipinski definition) is 1. The van der Waals surface area contributed by atoms with E-state index in [0.29, 0.717) is 35.1 Å². The lowest BCUT2D eigenvalue weighted by Crippen LogP contribution is -2.57. The van der Waals surface area contributed by atoms with Crippen molar-refractivity contribution in [2.24, 2.45) is 5.92 Å². The van der Waals surface area contributed by atoms with E-state index in [1.165, 1.54) is 6.07 Å². The number of halogens is 2. The molecule has 112 valence electrons. The van der Waals surface area contributed by atoms with Gasteiger partial charge < -0.3 is 5.32 Å². The summed E-state index contributed by atoms with van der Waals surface area (Å²) >= 11 is 6.16. The number of nitrogens with zero attached hydrogens (tertiary/aromatic N) is 1. The van der Waals surface area contributed by atoms with E-state index in [1.54, 1.807) is 12.1 Å². The van der Waals surface area contributed by atoms with Gasteiger partial charge in [-0.15, -0.1) is 0 Å². The van der Waals surface area contributed by atoms with Gasteiger partial charge in [-0.3, -0.25) is 4.90 Å². The molecule has 0 radical (unpaired) electrons. The molecule has 2 unspecified atom stereocenters. The van der Waals surface area contributed by atoms with Crippen LogP contribution in [0.4, 0.5) is 4.39 Å². The minimum Gasteiger partial charge on any atom is -0.311 e. The molecule has 1 aromatic rings. The minimum absolute atomic E-state index is 0.202. The molecule has 0 amide bonds. The Kier molecular flexibility index (Phi) is 5.42. The van der Waals surface area contributed by atoms with Crippen LogP contribution in [0.15, 0.2) is 18.2 Å². The molecule has 0 aliphatic carbocycles. The fraction of sp³-hybridized carbons (Fsp3) is 0.625. The molecule has 1 N–H and O–H groups in total. The Morgan fingerprint density at radius 2 is 2.20 bits per heavy atom. The summed E-state index contributed by atoms with van der Waals surface area (Å²) in [6.07, 6.45) is 1.09. The van der Waals surface area contributed by atoms with E-state index < -0.39 is 0 Å². The highest BCUT2D eigenvalue weighted by Crippen LogP contribution is 2.25. The number of nitrogens with one attached hydrogen (secondary N) is 1. The molecule has 1 aliphatic heterocycles. The van der Waals surface area contributed by atoms with E-state index in [0.717, 1.165) is 19.5 Å². The Balaban J connectivity index is 2.18. The summed E-state index contributed by atoms with van der Waals surface area (Å²) in [5, 5.41) is 4.10. The smallest absolute Gasteiger partial charge is 0.129 e. The number of hydrogen-bond acceptors (Lipinski definition) is 2. The van der Waals surface area contributed by atoms with Gasteiger partial charge in [0, 0.05) is 42.3 Å². The first-order chi connectivity index (χ1) is 9.52. The van der Waals surface area contributed by atoms with Crippen molar-refractivity contribution in [3.63, 3.8) is 0 Å². The van der Waals surface area contributed by atoms with Crippen LogP contribution >= 0.6 is 11.6 Å². The van der Waals surface area contributed by atoms with E-state index in [4.69, 9.17) is 11.6 Å². The third-order valence-electron chi connectivity index (χ3n) is 4.22. The second-order valence-electron chi connectivity index (χ2n) is 5.95. The zero-order valence-electron chi connectivity index (χ0n) is 12.5. The number of piperazine rings is 1. The summed E-state index contributed by atoms with van der Waals surface area (Å²) in [5.74, 6) is 0.331. The van der Waals surface area contributed by atoms with Gasteiger partial charge >= 0.3 is 0 Å². The molecule has 2 atom stereocenters. The van der Waals surface area contributed by atoms with Gasteiger partial charge in [0.25, 0.3) is 0 Å². The average molecular weight is 299 g/mol. The van der Waals surface area contributed by atoms with E-state index in [9.17, 15) is 4.39 Å². The van der Waals surface area contributed by atoms with E-state index in [2.05, 4.69) is 31.0 Å². The molecule has 0 spiro atoms. The topological polar surface area (TPSA) is 15.3 Å². The predicted molar refractivity (Wildman–Crippen MR) is 82.5 cm³/mol. The van der Waals surface area contributed by atoms with E-state index in [-0.39, 0.29) is 5.82 Å². The van der Waals surface area contributed by atoms with Crippen LogP contribution < -0.4 is 5.32 Å². The molecule has 0 aromatic heterocycles. The van der Waals surface area contributed by atoms with E-state index in [1.807, 2.05) is 0 Å². The van der Waals surface area contributed by atoms with Crippen LogP contribution in [0.25, 0.3) is 0 Å². The number of rotatable bonds is 4.